The van der Waals surface area contributed by atoms with E-state index in [4.69, 9.17) is 4.74 Å². The van der Waals surface area contributed by atoms with Crippen molar-refractivity contribution in [1.82, 2.24) is 10.3 Å². The SMILES string of the molecule is CNC(=O)c1cccc(NC(=O)COC(=O)c2ccc3[nH]c4c(c3c2)CC(C)CC4)c1. The molecule has 1 aliphatic carbocycles. The van der Waals surface area contributed by atoms with Crippen LogP contribution in [0.3, 0.4) is 0 Å². The average molecular weight is 419 g/mol. The van der Waals surface area contributed by atoms with Gasteiger partial charge in [-0.3, -0.25) is 9.59 Å². The highest BCUT2D eigenvalue weighted by molar-refractivity contribution is 5.99. The Morgan fingerprint density at radius 1 is 1.13 bits per heavy atom. The number of hydrogen-bond donors (Lipinski definition) is 3. The van der Waals surface area contributed by atoms with Gasteiger partial charge in [0.25, 0.3) is 11.8 Å². The third kappa shape index (κ3) is 4.45. The van der Waals surface area contributed by atoms with Crippen molar-refractivity contribution in [2.45, 2.75) is 26.2 Å². The van der Waals surface area contributed by atoms with Crippen molar-refractivity contribution in [1.29, 1.82) is 0 Å². The van der Waals surface area contributed by atoms with Crippen molar-refractivity contribution in [3.05, 3.63) is 64.8 Å². The molecule has 0 saturated carbocycles. The van der Waals surface area contributed by atoms with E-state index in [2.05, 4.69) is 22.5 Å². The number of carbonyl (C=O) groups is 3. The zero-order chi connectivity index (χ0) is 22.0. The number of fused-ring (bicyclic) bond motifs is 3. The van der Waals surface area contributed by atoms with Gasteiger partial charge in [0, 0.05) is 34.9 Å². The van der Waals surface area contributed by atoms with E-state index in [-0.39, 0.29) is 5.91 Å². The molecule has 7 nitrogen and oxygen atoms in total. The van der Waals surface area contributed by atoms with Gasteiger partial charge in [-0.1, -0.05) is 13.0 Å². The van der Waals surface area contributed by atoms with Crippen molar-refractivity contribution in [3.63, 3.8) is 0 Å². The van der Waals surface area contributed by atoms with E-state index in [0.717, 1.165) is 30.2 Å². The van der Waals surface area contributed by atoms with Gasteiger partial charge in [-0.25, -0.2) is 4.79 Å². The molecule has 0 fully saturated rings. The normalized spacial score (nSPS) is 15.2. The first-order valence-corrected chi connectivity index (χ1v) is 10.4. The van der Waals surface area contributed by atoms with E-state index in [0.29, 0.717) is 22.7 Å². The van der Waals surface area contributed by atoms with Crippen LogP contribution in [-0.2, 0) is 22.4 Å². The number of carbonyl (C=O) groups excluding carboxylic acids is 3. The summed E-state index contributed by atoms with van der Waals surface area (Å²) in [6, 6.07) is 12.0. The number of hydrogen-bond acceptors (Lipinski definition) is 4. The van der Waals surface area contributed by atoms with Crippen LogP contribution in [0, 0.1) is 5.92 Å². The summed E-state index contributed by atoms with van der Waals surface area (Å²) in [5.41, 5.74) is 4.84. The molecule has 3 N–H and O–H groups in total. The van der Waals surface area contributed by atoms with E-state index in [9.17, 15) is 14.4 Å². The molecule has 4 rings (SSSR count). The van der Waals surface area contributed by atoms with Crippen LogP contribution < -0.4 is 10.6 Å². The first-order chi connectivity index (χ1) is 14.9. The van der Waals surface area contributed by atoms with Crippen LogP contribution in [0.4, 0.5) is 5.69 Å². The van der Waals surface area contributed by atoms with E-state index in [1.54, 1.807) is 30.3 Å². The lowest BCUT2D eigenvalue weighted by Gasteiger charge is -2.18. The Balaban J connectivity index is 1.40. The predicted molar refractivity (Wildman–Crippen MR) is 118 cm³/mol. The number of benzene rings is 2. The van der Waals surface area contributed by atoms with E-state index in [1.165, 1.54) is 18.3 Å². The van der Waals surface area contributed by atoms with Gasteiger partial charge in [0.15, 0.2) is 6.61 Å². The van der Waals surface area contributed by atoms with Crippen molar-refractivity contribution in [2.24, 2.45) is 5.92 Å². The maximum Gasteiger partial charge on any atom is 0.338 e. The second-order valence-electron chi connectivity index (χ2n) is 7.97. The highest BCUT2D eigenvalue weighted by Gasteiger charge is 2.21. The number of rotatable bonds is 5. The Morgan fingerprint density at radius 3 is 2.77 bits per heavy atom. The third-order valence-electron chi connectivity index (χ3n) is 5.64. The van der Waals surface area contributed by atoms with Gasteiger partial charge in [0.1, 0.15) is 0 Å². The number of aryl methyl sites for hydroxylation is 1. The fourth-order valence-electron chi connectivity index (χ4n) is 4.01. The van der Waals surface area contributed by atoms with Crippen LogP contribution in [0.15, 0.2) is 42.5 Å². The number of ether oxygens (including phenoxy) is 1. The highest BCUT2D eigenvalue weighted by atomic mass is 16.5. The molecule has 160 valence electrons. The summed E-state index contributed by atoms with van der Waals surface area (Å²) in [6.07, 6.45) is 3.17. The number of nitrogens with one attached hydrogen (secondary N) is 3. The molecule has 1 aliphatic rings. The minimum atomic E-state index is -0.546. The van der Waals surface area contributed by atoms with Crippen molar-refractivity contribution >= 4 is 34.4 Å². The van der Waals surface area contributed by atoms with Gasteiger partial charge in [0.2, 0.25) is 0 Å². The minimum Gasteiger partial charge on any atom is -0.452 e. The van der Waals surface area contributed by atoms with Crippen LogP contribution in [0.5, 0.6) is 0 Å². The molecule has 0 bridgehead atoms. The lowest BCUT2D eigenvalue weighted by atomic mass is 9.87. The number of esters is 1. The van der Waals surface area contributed by atoms with Gasteiger partial charge in [-0.05, 0) is 67.1 Å². The highest BCUT2D eigenvalue weighted by Crippen LogP contribution is 2.32. The lowest BCUT2D eigenvalue weighted by molar-refractivity contribution is -0.119. The van der Waals surface area contributed by atoms with Gasteiger partial charge >= 0.3 is 5.97 Å². The third-order valence-corrected chi connectivity index (χ3v) is 5.64. The molecule has 3 aromatic rings. The van der Waals surface area contributed by atoms with Crippen LogP contribution in [0.1, 0.15) is 45.3 Å². The summed E-state index contributed by atoms with van der Waals surface area (Å²) in [4.78, 5) is 39.9. The van der Waals surface area contributed by atoms with Gasteiger partial charge in [-0.15, -0.1) is 0 Å². The van der Waals surface area contributed by atoms with Crippen molar-refractivity contribution in [3.8, 4) is 0 Å². The van der Waals surface area contributed by atoms with Crippen molar-refractivity contribution < 1.29 is 19.1 Å². The Kier molecular flexibility index (Phi) is 5.75. The van der Waals surface area contributed by atoms with Gasteiger partial charge in [0.05, 0.1) is 5.56 Å². The Labute approximate surface area is 180 Å². The fourth-order valence-corrected chi connectivity index (χ4v) is 4.01. The second-order valence-corrected chi connectivity index (χ2v) is 7.97. The summed E-state index contributed by atoms with van der Waals surface area (Å²) in [6.45, 7) is 1.83. The molecule has 1 unspecified atom stereocenters. The summed E-state index contributed by atoms with van der Waals surface area (Å²) >= 11 is 0. The molecular weight excluding hydrogens is 394 g/mol. The molecule has 2 amide bonds. The topological polar surface area (TPSA) is 100 Å². The minimum absolute atomic E-state index is 0.251. The predicted octanol–water partition coefficient (Wildman–Crippen LogP) is 3.45. The first kappa shape index (κ1) is 20.7. The number of amides is 2. The lowest BCUT2D eigenvalue weighted by Crippen LogP contribution is -2.22. The molecule has 1 heterocycles. The summed E-state index contributed by atoms with van der Waals surface area (Å²) in [5, 5.41) is 6.21. The zero-order valence-corrected chi connectivity index (χ0v) is 17.6. The molecule has 31 heavy (non-hydrogen) atoms. The summed E-state index contributed by atoms with van der Waals surface area (Å²) in [5.74, 6) is -0.654. The first-order valence-electron chi connectivity index (χ1n) is 10.4. The van der Waals surface area contributed by atoms with Crippen LogP contribution in [0.25, 0.3) is 10.9 Å². The largest absolute Gasteiger partial charge is 0.452 e. The van der Waals surface area contributed by atoms with Gasteiger partial charge < -0.3 is 20.4 Å². The fraction of sp³-hybridized carbons (Fsp3) is 0.292. The number of aromatic nitrogens is 1. The number of anilines is 1. The van der Waals surface area contributed by atoms with Crippen LogP contribution in [-0.4, -0.2) is 36.4 Å². The maximum atomic E-state index is 12.5. The monoisotopic (exact) mass is 419 g/mol. The van der Waals surface area contributed by atoms with E-state index < -0.39 is 18.5 Å². The van der Waals surface area contributed by atoms with E-state index >= 15 is 0 Å². The van der Waals surface area contributed by atoms with Crippen LogP contribution >= 0.6 is 0 Å². The number of aromatic amines is 1. The summed E-state index contributed by atoms with van der Waals surface area (Å²) in [7, 11) is 1.54. The Morgan fingerprint density at radius 2 is 1.97 bits per heavy atom. The quantitative estimate of drug-likeness (QED) is 0.552. The molecule has 1 aromatic heterocycles. The molecule has 1 atom stereocenters. The second kappa shape index (κ2) is 8.63. The molecule has 0 saturated heterocycles. The molecule has 2 aromatic carbocycles. The number of H-pyrrole nitrogens is 1. The molecule has 0 aliphatic heterocycles. The summed E-state index contributed by atoms with van der Waals surface area (Å²) < 4.78 is 5.21. The zero-order valence-electron chi connectivity index (χ0n) is 17.6. The Hall–Kier alpha value is -3.61. The van der Waals surface area contributed by atoms with Crippen molar-refractivity contribution in [2.75, 3.05) is 19.0 Å². The molecule has 0 radical (unpaired) electrons. The molecule has 0 spiro atoms. The molecular formula is C24H25N3O4. The Bertz CT molecular complexity index is 1160. The van der Waals surface area contributed by atoms with E-state index in [1.807, 2.05) is 12.1 Å². The average Bonchev–Trinajstić information content (AvgIpc) is 3.14. The van der Waals surface area contributed by atoms with Crippen LogP contribution in [0.2, 0.25) is 0 Å². The standard InChI is InChI=1S/C24H25N3O4/c1-14-6-8-20-18(10-14)19-12-16(7-9-21(19)27-20)24(30)31-13-22(28)26-17-5-3-4-15(11-17)23(29)25-2/h3-5,7,9,11-12,14,27H,6,8,10,13H2,1-2H3,(H,25,29)(H,26,28). The smallest absolute Gasteiger partial charge is 0.338 e. The van der Waals surface area contributed by atoms with Gasteiger partial charge in [-0.2, -0.15) is 0 Å². The maximum absolute atomic E-state index is 12.5. The molecule has 7 heteroatoms.